The molecule has 0 aliphatic heterocycles. The van der Waals surface area contributed by atoms with Gasteiger partial charge in [-0.3, -0.25) is 0 Å². The Kier molecular flexibility index (Phi) is 5.03. The van der Waals surface area contributed by atoms with Gasteiger partial charge in [0.2, 0.25) is 0 Å². The largest absolute Gasteiger partial charge is 0.366 e. The van der Waals surface area contributed by atoms with E-state index in [4.69, 9.17) is 5.26 Å². The number of nitrogens with one attached hydrogen (secondary N) is 2. The Bertz CT molecular complexity index is 896. The third-order valence-electron chi connectivity index (χ3n) is 3.47. The number of hydrogen-bond acceptors (Lipinski definition) is 5. The van der Waals surface area contributed by atoms with Gasteiger partial charge in [0, 0.05) is 23.9 Å². The molecular formula is C20H17N5. The van der Waals surface area contributed by atoms with Gasteiger partial charge in [0.25, 0.3) is 0 Å². The molecule has 0 saturated heterocycles. The van der Waals surface area contributed by atoms with E-state index in [-0.39, 0.29) is 0 Å². The molecule has 25 heavy (non-hydrogen) atoms. The molecule has 5 heteroatoms. The van der Waals surface area contributed by atoms with Crippen molar-refractivity contribution >= 4 is 17.3 Å². The van der Waals surface area contributed by atoms with Gasteiger partial charge in [-0.1, -0.05) is 36.4 Å². The molecule has 0 radical (unpaired) electrons. The lowest BCUT2D eigenvalue weighted by Crippen LogP contribution is -2.04. The highest BCUT2D eigenvalue weighted by Crippen LogP contribution is 2.22. The van der Waals surface area contributed by atoms with E-state index < -0.39 is 0 Å². The van der Waals surface area contributed by atoms with E-state index in [0.29, 0.717) is 29.6 Å². The molecule has 5 nitrogen and oxygen atoms in total. The maximum atomic E-state index is 8.89. The van der Waals surface area contributed by atoms with Crippen molar-refractivity contribution in [2.24, 2.45) is 0 Å². The molecule has 0 aliphatic carbocycles. The third kappa shape index (κ3) is 4.21. The maximum absolute atomic E-state index is 8.89. The first-order valence-electron chi connectivity index (χ1n) is 7.85. The molecule has 0 unspecified atom stereocenters. The second-order valence-electron chi connectivity index (χ2n) is 5.31. The Morgan fingerprint density at radius 1 is 1.00 bits per heavy atom. The molecule has 3 aromatic rings. The number of aromatic nitrogens is 2. The van der Waals surface area contributed by atoms with Gasteiger partial charge < -0.3 is 10.6 Å². The maximum Gasteiger partial charge on any atom is 0.163 e. The highest BCUT2D eigenvalue weighted by atomic mass is 15.1. The Balaban J connectivity index is 1.93. The van der Waals surface area contributed by atoms with Crippen LogP contribution < -0.4 is 10.6 Å². The van der Waals surface area contributed by atoms with Crippen LogP contribution in [0.4, 0.5) is 17.3 Å². The molecule has 2 N–H and O–H groups in total. The zero-order valence-electron chi connectivity index (χ0n) is 13.6. The van der Waals surface area contributed by atoms with Gasteiger partial charge in [-0.05, 0) is 24.3 Å². The number of anilines is 3. The standard InChI is InChI=1S/C20H17N5/c1-2-12-22-18-13-19(23-17-10-8-15(14-21)9-11-17)25-20(24-18)16-6-4-3-5-7-16/h2-11,13H,1,12H2,(H2,22,23,24,25). The summed E-state index contributed by atoms with van der Waals surface area (Å²) in [6.07, 6.45) is 1.78. The van der Waals surface area contributed by atoms with Crippen LogP contribution in [0.15, 0.2) is 73.3 Å². The zero-order chi connectivity index (χ0) is 17.5. The number of hydrogen-bond donors (Lipinski definition) is 2. The van der Waals surface area contributed by atoms with Crippen LogP contribution in [0.3, 0.4) is 0 Å². The molecule has 2 aromatic carbocycles. The summed E-state index contributed by atoms with van der Waals surface area (Å²) in [5.74, 6) is 2.01. The average Bonchev–Trinajstić information content (AvgIpc) is 2.67. The fraction of sp³-hybridized carbons (Fsp3) is 0.0500. The molecule has 3 rings (SSSR count). The van der Waals surface area contributed by atoms with Gasteiger partial charge in [-0.25, -0.2) is 9.97 Å². The highest BCUT2D eigenvalue weighted by molar-refractivity contribution is 5.65. The molecular weight excluding hydrogens is 310 g/mol. The molecule has 0 atom stereocenters. The summed E-state index contributed by atoms with van der Waals surface area (Å²) in [6, 6.07) is 21.0. The van der Waals surface area contributed by atoms with E-state index in [1.54, 1.807) is 18.2 Å². The summed E-state index contributed by atoms with van der Waals surface area (Å²) in [6.45, 7) is 4.33. The lowest BCUT2D eigenvalue weighted by Gasteiger charge is -2.11. The van der Waals surface area contributed by atoms with Gasteiger partial charge >= 0.3 is 0 Å². The summed E-state index contributed by atoms with van der Waals surface area (Å²) < 4.78 is 0. The summed E-state index contributed by atoms with van der Waals surface area (Å²) >= 11 is 0. The number of nitrogens with zero attached hydrogens (tertiary/aromatic N) is 3. The van der Waals surface area contributed by atoms with Crippen molar-refractivity contribution in [1.29, 1.82) is 5.26 Å². The predicted molar refractivity (Wildman–Crippen MR) is 101 cm³/mol. The highest BCUT2D eigenvalue weighted by Gasteiger charge is 2.07. The van der Waals surface area contributed by atoms with E-state index >= 15 is 0 Å². The van der Waals surface area contributed by atoms with Crippen LogP contribution in [0.25, 0.3) is 11.4 Å². The lowest BCUT2D eigenvalue weighted by molar-refractivity contribution is 1.15. The molecule has 1 aromatic heterocycles. The Labute approximate surface area is 146 Å². The van der Waals surface area contributed by atoms with Crippen LogP contribution in [0, 0.1) is 11.3 Å². The van der Waals surface area contributed by atoms with Gasteiger partial charge in [0.1, 0.15) is 11.6 Å². The first kappa shape index (κ1) is 16.2. The minimum atomic E-state index is 0.613. The summed E-state index contributed by atoms with van der Waals surface area (Å²) in [5.41, 5.74) is 2.41. The Hall–Kier alpha value is -3.65. The summed E-state index contributed by atoms with van der Waals surface area (Å²) in [7, 11) is 0. The SMILES string of the molecule is C=CCNc1cc(Nc2ccc(C#N)cc2)nc(-c2ccccc2)n1. The topological polar surface area (TPSA) is 73.6 Å². The lowest BCUT2D eigenvalue weighted by atomic mass is 10.2. The van der Waals surface area contributed by atoms with Crippen molar-refractivity contribution in [3.63, 3.8) is 0 Å². The van der Waals surface area contributed by atoms with Crippen molar-refractivity contribution in [2.45, 2.75) is 0 Å². The van der Waals surface area contributed by atoms with Crippen LogP contribution in [-0.2, 0) is 0 Å². The Morgan fingerprint density at radius 2 is 1.72 bits per heavy atom. The number of nitriles is 1. The smallest absolute Gasteiger partial charge is 0.163 e. The number of benzene rings is 2. The van der Waals surface area contributed by atoms with E-state index in [2.05, 4.69) is 33.2 Å². The zero-order valence-corrected chi connectivity index (χ0v) is 13.6. The van der Waals surface area contributed by atoms with E-state index in [1.165, 1.54) is 0 Å². The average molecular weight is 327 g/mol. The molecule has 0 fully saturated rings. The Morgan fingerprint density at radius 3 is 2.40 bits per heavy atom. The normalized spacial score (nSPS) is 9.88. The van der Waals surface area contributed by atoms with Crippen molar-refractivity contribution in [1.82, 2.24) is 9.97 Å². The van der Waals surface area contributed by atoms with Gasteiger partial charge in [0.05, 0.1) is 11.6 Å². The molecule has 1 heterocycles. The molecule has 0 spiro atoms. The van der Waals surface area contributed by atoms with Gasteiger partial charge in [-0.15, -0.1) is 6.58 Å². The summed E-state index contributed by atoms with van der Waals surface area (Å²) in [5, 5.41) is 15.3. The van der Waals surface area contributed by atoms with Crippen LogP contribution in [0.1, 0.15) is 5.56 Å². The minimum Gasteiger partial charge on any atom is -0.366 e. The number of rotatable bonds is 6. The van der Waals surface area contributed by atoms with Crippen molar-refractivity contribution < 1.29 is 0 Å². The quantitative estimate of drug-likeness (QED) is 0.658. The van der Waals surface area contributed by atoms with Crippen molar-refractivity contribution in [3.8, 4) is 17.5 Å². The van der Waals surface area contributed by atoms with Gasteiger partial charge in [-0.2, -0.15) is 5.26 Å². The molecule has 0 aliphatic rings. The van der Waals surface area contributed by atoms with Crippen molar-refractivity contribution in [2.75, 3.05) is 17.2 Å². The first-order valence-corrected chi connectivity index (χ1v) is 7.85. The fourth-order valence-electron chi connectivity index (χ4n) is 2.27. The predicted octanol–water partition coefficient (Wildman–Crippen LogP) is 4.36. The van der Waals surface area contributed by atoms with Crippen LogP contribution >= 0.6 is 0 Å². The van der Waals surface area contributed by atoms with E-state index in [9.17, 15) is 0 Å². The first-order chi connectivity index (χ1) is 12.3. The van der Waals surface area contributed by atoms with Gasteiger partial charge in [0.15, 0.2) is 5.82 Å². The van der Waals surface area contributed by atoms with Crippen molar-refractivity contribution in [3.05, 3.63) is 78.9 Å². The molecule has 0 amide bonds. The van der Waals surface area contributed by atoms with Crippen LogP contribution in [-0.4, -0.2) is 16.5 Å². The fourth-order valence-corrected chi connectivity index (χ4v) is 2.27. The monoisotopic (exact) mass is 327 g/mol. The molecule has 0 bridgehead atoms. The van der Waals surface area contributed by atoms with E-state index in [0.717, 1.165) is 11.3 Å². The summed E-state index contributed by atoms with van der Waals surface area (Å²) in [4.78, 5) is 9.15. The second-order valence-corrected chi connectivity index (χ2v) is 5.31. The molecule has 0 saturated carbocycles. The minimum absolute atomic E-state index is 0.613. The van der Waals surface area contributed by atoms with Crippen LogP contribution in [0.2, 0.25) is 0 Å². The second kappa shape index (κ2) is 7.75. The van der Waals surface area contributed by atoms with E-state index in [1.807, 2.05) is 48.5 Å². The third-order valence-corrected chi connectivity index (χ3v) is 3.47. The van der Waals surface area contributed by atoms with Crippen LogP contribution in [0.5, 0.6) is 0 Å². The molecule has 122 valence electrons.